The molecule has 0 amide bonds. The van der Waals surface area contributed by atoms with E-state index in [1.165, 1.54) is 5.56 Å². The molecule has 0 bridgehead atoms. The lowest BCUT2D eigenvalue weighted by atomic mass is 9.65. The quantitative estimate of drug-likeness (QED) is 0.781. The smallest absolute Gasteiger partial charge is 0.0735 e. The number of hydrogen-bond donors (Lipinski definition) is 1. The van der Waals surface area contributed by atoms with Crippen LogP contribution in [0.5, 0.6) is 0 Å². The molecule has 0 aromatic heterocycles. The van der Waals surface area contributed by atoms with E-state index in [1.54, 1.807) is 0 Å². The molecule has 3 atom stereocenters. The fourth-order valence-electron chi connectivity index (χ4n) is 2.38. The second-order valence-corrected chi connectivity index (χ2v) is 6.36. The summed E-state index contributed by atoms with van der Waals surface area (Å²) in [6.45, 7) is 14.2. The maximum Gasteiger partial charge on any atom is 0.0735 e. The van der Waals surface area contributed by atoms with Crippen molar-refractivity contribution in [3.8, 4) is 0 Å². The van der Waals surface area contributed by atoms with Crippen LogP contribution in [0.3, 0.4) is 0 Å². The van der Waals surface area contributed by atoms with Gasteiger partial charge in [0, 0.05) is 5.92 Å². The third-order valence-corrected chi connectivity index (χ3v) is 4.29. The Morgan fingerprint density at radius 1 is 1.11 bits per heavy atom. The second kappa shape index (κ2) is 5.27. The number of hydrogen-bond acceptors (Lipinski definition) is 1. The molecular formula is C17H26O. The number of rotatable bonds is 4. The average molecular weight is 246 g/mol. The summed E-state index contributed by atoms with van der Waals surface area (Å²) in [6.07, 6.45) is 1.89. The highest BCUT2D eigenvalue weighted by atomic mass is 16.3. The number of aliphatic hydroxyl groups is 1. The Labute approximate surface area is 112 Å². The van der Waals surface area contributed by atoms with Crippen molar-refractivity contribution < 1.29 is 5.11 Å². The van der Waals surface area contributed by atoms with E-state index in [0.717, 1.165) is 0 Å². The predicted octanol–water partition coefficient (Wildman–Crippen LogP) is 4.39. The topological polar surface area (TPSA) is 20.2 Å². The molecule has 0 unspecified atom stereocenters. The molecule has 1 N–H and O–H groups in total. The van der Waals surface area contributed by atoms with Gasteiger partial charge in [0.05, 0.1) is 5.60 Å². The third kappa shape index (κ3) is 2.84. The van der Waals surface area contributed by atoms with Crippen molar-refractivity contribution in [2.45, 2.75) is 46.1 Å². The van der Waals surface area contributed by atoms with E-state index in [-0.39, 0.29) is 17.3 Å². The van der Waals surface area contributed by atoms with E-state index in [0.29, 0.717) is 0 Å². The van der Waals surface area contributed by atoms with Crippen molar-refractivity contribution in [2.75, 3.05) is 0 Å². The molecule has 0 spiro atoms. The molecule has 0 saturated carbocycles. The summed E-state index contributed by atoms with van der Waals surface area (Å²) in [6, 6.07) is 10.3. The van der Waals surface area contributed by atoms with Gasteiger partial charge in [0.1, 0.15) is 0 Å². The summed E-state index contributed by atoms with van der Waals surface area (Å²) in [4.78, 5) is 0. The largest absolute Gasteiger partial charge is 0.389 e. The number of benzene rings is 1. The van der Waals surface area contributed by atoms with Crippen LogP contribution < -0.4 is 0 Å². The van der Waals surface area contributed by atoms with Crippen molar-refractivity contribution in [3.05, 3.63) is 48.6 Å². The highest BCUT2D eigenvalue weighted by Gasteiger charge is 2.43. The van der Waals surface area contributed by atoms with Gasteiger partial charge < -0.3 is 5.11 Å². The summed E-state index contributed by atoms with van der Waals surface area (Å²) in [5, 5.41) is 10.9. The van der Waals surface area contributed by atoms with Crippen LogP contribution in [-0.4, -0.2) is 10.7 Å². The zero-order valence-corrected chi connectivity index (χ0v) is 12.3. The lowest BCUT2D eigenvalue weighted by Crippen LogP contribution is -2.47. The maximum absolute atomic E-state index is 10.9. The molecule has 0 aliphatic rings. The van der Waals surface area contributed by atoms with Crippen molar-refractivity contribution in [1.29, 1.82) is 0 Å². The van der Waals surface area contributed by atoms with Crippen LogP contribution >= 0.6 is 0 Å². The van der Waals surface area contributed by atoms with Crippen LogP contribution in [0.1, 0.15) is 46.1 Å². The van der Waals surface area contributed by atoms with Crippen molar-refractivity contribution in [1.82, 2.24) is 0 Å². The standard InChI is InChI=1S/C17H26O/c1-7-15(17(6,18)16(3,4)5)13(2)14-11-9-8-10-12-14/h7-13,15,18H,1H2,2-6H3/t13-,15+,17-/m0/s1. The fraction of sp³-hybridized carbons (Fsp3) is 0.529. The van der Waals surface area contributed by atoms with Crippen LogP contribution in [0, 0.1) is 11.3 Å². The SMILES string of the molecule is C=C[C@H]([C@@H](C)c1ccccc1)[C@](C)(O)C(C)(C)C. The van der Waals surface area contributed by atoms with E-state index in [2.05, 4.69) is 46.4 Å². The Morgan fingerprint density at radius 2 is 1.61 bits per heavy atom. The molecule has 0 aliphatic heterocycles. The molecule has 0 radical (unpaired) electrons. The van der Waals surface area contributed by atoms with E-state index >= 15 is 0 Å². The molecule has 1 heteroatoms. The van der Waals surface area contributed by atoms with Gasteiger partial charge >= 0.3 is 0 Å². The van der Waals surface area contributed by atoms with E-state index in [9.17, 15) is 5.11 Å². The summed E-state index contributed by atoms with van der Waals surface area (Å²) in [5.41, 5.74) is 0.269. The molecule has 1 nitrogen and oxygen atoms in total. The van der Waals surface area contributed by atoms with Crippen LogP contribution in [0.2, 0.25) is 0 Å². The van der Waals surface area contributed by atoms with Crippen LogP contribution in [0.25, 0.3) is 0 Å². The zero-order valence-electron chi connectivity index (χ0n) is 12.3. The predicted molar refractivity (Wildman–Crippen MR) is 78.6 cm³/mol. The van der Waals surface area contributed by atoms with E-state index in [1.807, 2.05) is 31.2 Å². The van der Waals surface area contributed by atoms with Gasteiger partial charge in [0.25, 0.3) is 0 Å². The second-order valence-electron chi connectivity index (χ2n) is 6.36. The Bertz CT molecular complexity index is 384. The first kappa shape index (κ1) is 15.0. The van der Waals surface area contributed by atoms with Gasteiger partial charge in [-0.1, -0.05) is 64.1 Å². The summed E-state index contributed by atoms with van der Waals surface area (Å²) >= 11 is 0. The van der Waals surface area contributed by atoms with Gasteiger partial charge in [0.15, 0.2) is 0 Å². The molecule has 1 aromatic rings. The fourth-order valence-corrected chi connectivity index (χ4v) is 2.38. The molecule has 0 aliphatic carbocycles. The molecule has 18 heavy (non-hydrogen) atoms. The molecular weight excluding hydrogens is 220 g/mol. The lowest BCUT2D eigenvalue weighted by Gasteiger charge is -2.44. The summed E-state index contributed by atoms with van der Waals surface area (Å²) in [7, 11) is 0. The van der Waals surface area contributed by atoms with Crippen LogP contribution in [0.4, 0.5) is 0 Å². The normalized spacial score (nSPS) is 18.8. The first-order valence-electron chi connectivity index (χ1n) is 6.61. The first-order valence-corrected chi connectivity index (χ1v) is 6.61. The minimum absolute atomic E-state index is 0.0277. The Balaban J connectivity index is 3.08. The Morgan fingerprint density at radius 3 is 2.00 bits per heavy atom. The Kier molecular flexibility index (Phi) is 4.39. The molecule has 1 aromatic carbocycles. The molecule has 0 heterocycles. The van der Waals surface area contributed by atoms with Gasteiger partial charge in [0.2, 0.25) is 0 Å². The third-order valence-electron chi connectivity index (χ3n) is 4.29. The van der Waals surface area contributed by atoms with Gasteiger partial charge in [-0.25, -0.2) is 0 Å². The molecule has 100 valence electrons. The lowest BCUT2D eigenvalue weighted by molar-refractivity contribution is -0.0805. The Hall–Kier alpha value is -1.08. The summed E-state index contributed by atoms with van der Waals surface area (Å²) < 4.78 is 0. The van der Waals surface area contributed by atoms with Crippen LogP contribution in [0.15, 0.2) is 43.0 Å². The zero-order chi connectivity index (χ0) is 14.0. The molecule has 0 saturated heterocycles. The van der Waals surface area contributed by atoms with Crippen LogP contribution in [-0.2, 0) is 0 Å². The van der Waals surface area contributed by atoms with Gasteiger partial charge in [-0.15, -0.1) is 6.58 Å². The van der Waals surface area contributed by atoms with Crippen molar-refractivity contribution >= 4 is 0 Å². The molecule has 1 rings (SSSR count). The van der Waals surface area contributed by atoms with Crippen molar-refractivity contribution in [3.63, 3.8) is 0 Å². The molecule has 0 fully saturated rings. The maximum atomic E-state index is 10.9. The minimum atomic E-state index is -0.788. The highest BCUT2D eigenvalue weighted by molar-refractivity contribution is 5.22. The average Bonchev–Trinajstić information content (AvgIpc) is 2.29. The minimum Gasteiger partial charge on any atom is -0.389 e. The summed E-state index contributed by atoms with van der Waals surface area (Å²) in [5.74, 6) is 0.276. The van der Waals surface area contributed by atoms with Gasteiger partial charge in [-0.05, 0) is 23.8 Å². The highest BCUT2D eigenvalue weighted by Crippen LogP contribution is 2.43. The monoisotopic (exact) mass is 246 g/mol. The van der Waals surface area contributed by atoms with E-state index in [4.69, 9.17) is 0 Å². The van der Waals surface area contributed by atoms with Gasteiger partial charge in [-0.3, -0.25) is 0 Å². The first-order chi connectivity index (χ1) is 8.21. The van der Waals surface area contributed by atoms with E-state index < -0.39 is 5.60 Å². The van der Waals surface area contributed by atoms with Gasteiger partial charge in [-0.2, -0.15) is 0 Å². The van der Waals surface area contributed by atoms with Crippen molar-refractivity contribution in [2.24, 2.45) is 11.3 Å².